The van der Waals surface area contributed by atoms with Gasteiger partial charge >= 0.3 is 5.97 Å². The van der Waals surface area contributed by atoms with E-state index in [9.17, 15) is 14.7 Å². The number of rotatable bonds is 11. The number of carboxylic acids is 1. The van der Waals surface area contributed by atoms with Crippen LogP contribution >= 0.6 is 0 Å². The molecule has 0 aromatic carbocycles. The van der Waals surface area contributed by atoms with Gasteiger partial charge in [0.1, 0.15) is 5.78 Å². The number of carbonyl (C=O) groups excluding carboxylic acids is 1. The quantitative estimate of drug-likeness (QED) is 0.407. The second-order valence-electron chi connectivity index (χ2n) is 7.51. The molecule has 2 N–H and O–H groups in total. The summed E-state index contributed by atoms with van der Waals surface area (Å²) in [5, 5.41) is 17.9. The molecule has 1 rings (SSSR count). The standard InChI is InChI=1S/C22H34O4/c1-16(2)17(3)10-6-4-7-11-18-14-15-20(23)19(18)12-8-5-9-13-21(24)22(25)26/h5,7-8,11,18-19,21,24H,4,6,9-10,12-15H2,1-3H3,(H,25,26)/t18-,19+,21?/m0/s1. The Kier molecular flexibility index (Phi) is 10.2. The van der Waals surface area contributed by atoms with Crippen molar-refractivity contribution in [1.82, 2.24) is 0 Å². The van der Waals surface area contributed by atoms with E-state index in [4.69, 9.17) is 5.11 Å². The summed E-state index contributed by atoms with van der Waals surface area (Å²) in [5.41, 5.74) is 2.86. The third-order valence-corrected chi connectivity index (χ3v) is 5.26. The number of aliphatic hydroxyl groups excluding tert-OH is 1. The average Bonchev–Trinajstić information content (AvgIpc) is 2.93. The van der Waals surface area contributed by atoms with Gasteiger partial charge < -0.3 is 10.2 Å². The van der Waals surface area contributed by atoms with Gasteiger partial charge in [-0.1, -0.05) is 35.5 Å². The van der Waals surface area contributed by atoms with Gasteiger partial charge in [0.25, 0.3) is 0 Å². The first-order valence-electron chi connectivity index (χ1n) is 9.71. The Morgan fingerprint density at radius 2 is 1.92 bits per heavy atom. The van der Waals surface area contributed by atoms with Gasteiger partial charge in [0.05, 0.1) is 0 Å². The second-order valence-corrected chi connectivity index (χ2v) is 7.51. The van der Waals surface area contributed by atoms with E-state index in [1.807, 2.05) is 12.2 Å². The molecule has 1 aliphatic carbocycles. The monoisotopic (exact) mass is 362 g/mol. The van der Waals surface area contributed by atoms with E-state index >= 15 is 0 Å². The highest BCUT2D eigenvalue weighted by Gasteiger charge is 2.31. The molecule has 1 saturated carbocycles. The van der Waals surface area contributed by atoms with Crippen molar-refractivity contribution in [2.24, 2.45) is 11.8 Å². The Hall–Kier alpha value is -1.68. The number of unbranched alkanes of at least 4 members (excludes halogenated alkanes) is 1. The fourth-order valence-electron chi connectivity index (χ4n) is 3.22. The highest BCUT2D eigenvalue weighted by Crippen LogP contribution is 2.33. The molecule has 1 unspecified atom stereocenters. The highest BCUT2D eigenvalue weighted by molar-refractivity contribution is 5.83. The van der Waals surface area contributed by atoms with Crippen molar-refractivity contribution in [3.05, 3.63) is 35.5 Å². The summed E-state index contributed by atoms with van der Waals surface area (Å²) < 4.78 is 0. The minimum Gasteiger partial charge on any atom is -0.479 e. The van der Waals surface area contributed by atoms with Gasteiger partial charge in [-0.3, -0.25) is 4.79 Å². The lowest BCUT2D eigenvalue weighted by Crippen LogP contribution is -2.18. The third-order valence-electron chi connectivity index (χ3n) is 5.26. The van der Waals surface area contributed by atoms with Gasteiger partial charge in [-0.15, -0.1) is 0 Å². The Labute approximate surface area is 157 Å². The summed E-state index contributed by atoms with van der Waals surface area (Å²) in [5.74, 6) is -0.489. The minimum absolute atomic E-state index is 0.0476. The molecular formula is C22H34O4. The molecule has 0 heterocycles. The van der Waals surface area contributed by atoms with Gasteiger partial charge in [-0.25, -0.2) is 4.79 Å². The van der Waals surface area contributed by atoms with Gasteiger partial charge in [0.15, 0.2) is 6.10 Å². The van der Waals surface area contributed by atoms with E-state index < -0.39 is 12.1 Å². The summed E-state index contributed by atoms with van der Waals surface area (Å²) in [6, 6.07) is 0. The molecule has 0 aromatic heterocycles. The van der Waals surface area contributed by atoms with Crippen molar-refractivity contribution >= 4 is 11.8 Å². The lowest BCUT2D eigenvalue weighted by molar-refractivity contribution is -0.146. The Morgan fingerprint density at radius 1 is 1.19 bits per heavy atom. The van der Waals surface area contributed by atoms with Crippen molar-refractivity contribution in [1.29, 1.82) is 0 Å². The number of carbonyl (C=O) groups is 2. The molecule has 0 amide bonds. The van der Waals surface area contributed by atoms with E-state index in [1.54, 1.807) is 0 Å². The fourth-order valence-corrected chi connectivity index (χ4v) is 3.22. The summed E-state index contributed by atoms with van der Waals surface area (Å²) in [4.78, 5) is 22.7. The number of hydrogen-bond donors (Lipinski definition) is 2. The normalized spacial score (nSPS) is 21.6. The van der Waals surface area contributed by atoms with Crippen molar-refractivity contribution in [3.63, 3.8) is 0 Å². The topological polar surface area (TPSA) is 74.6 Å². The Bertz CT molecular complexity index is 552. The van der Waals surface area contributed by atoms with Crippen LogP contribution in [0.25, 0.3) is 0 Å². The van der Waals surface area contributed by atoms with Crippen molar-refractivity contribution in [2.45, 2.75) is 78.2 Å². The summed E-state index contributed by atoms with van der Waals surface area (Å²) in [6.45, 7) is 6.48. The fraction of sp³-hybridized carbons (Fsp3) is 0.636. The average molecular weight is 363 g/mol. The maximum absolute atomic E-state index is 12.1. The molecular weight excluding hydrogens is 328 g/mol. The molecule has 4 heteroatoms. The van der Waals surface area contributed by atoms with E-state index in [2.05, 4.69) is 32.9 Å². The SMILES string of the molecule is CC(C)=C(C)CCCC=C[C@H]1CCC(=O)[C@@H]1CC=CCCC(O)C(=O)O. The molecule has 26 heavy (non-hydrogen) atoms. The number of Topliss-reactive ketones (excluding diaryl/α,β-unsaturated/α-hetero) is 1. The summed E-state index contributed by atoms with van der Waals surface area (Å²) in [7, 11) is 0. The number of allylic oxidation sites excluding steroid dienone is 6. The largest absolute Gasteiger partial charge is 0.479 e. The van der Waals surface area contributed by atoms with Crippen LogP contribution in [-0.2, 0) is 9.59 Å². The van der Waals surface area contributed by atoms with E-state index in [-0.39, 0.29) is 12.3 Å². The van der Waals surface area contributed by atoms with E-state index in [0.717, 1.165) is 25.7 Å². The number of hydrogen-bond acceptors (Lipinski definition) is 3. The minimum atomic E-state index is -1.31. The van der Waals surface area contributed by atoms with Crippen LogP contribution in [0.5, 0.6) is 0 Å². The molecule has 0 bridgehead atoms. The number of carboxylic acid groups (broad SMARTS) is 1. The third kappa shape index (κ3) is 8.13. The summed E-state index contributed by atoms with van der Waals surface area (Å²) >= 11 is 0. The Balaban J connectivity index is 2.37. The zero-order chi connectivity index (χ0) is 19.5. The molecule has 0 aromatic rings. The molecule has 1 aliphatic rings. The van der Waals surface area contributed by atoms with Gasteiger partial charge in [0, 0.05) is 12.3 Å². The first-order chi connectivity index (χ1) is 12.3. The Morgan fingerprint density at radius 3 is 2.58 bits per heavy atom. The lowest BCUT2D eigenvalue weighted by atomic mass is 9.91. The number of aliphatic carboxylic acids is 1. The summed E-state index contributed by atoms with van der Waals surface area (Å²) in [6.07, 6.45) is 13.3. The van der Waals surface area contributed by atoms with Crippen LogP contribution in [0, 0.1) is 11.8 Å². The molecule has 146 valence electrons. The molecule has 0 aliphatic heterocycles. The first kappa shape index (κ1) is 22.4. The molecule has 0 saturated heterocycles. The van der Waals surface area contributed by atoms with Crippen LogP contribution in [0.2, 0.25) is 0 Å². The smallest absolute Gasteiger partial charge is 0.332 e. The zero-order valence-corrected chi connectivity index (χ0v) is 16.4. The van der Waals surface area contributed by atoms with Gasteiger partial charge in [-0.05, 0) is 71.6 Å². The van der Waals surface area contributed by atoms with Crippen LogP contribution < -0.4 is 0 Å². The number of aliphatic hydroxyl groups is 1. The zero-order valence-electron chi connectivity index (χ0n) is 16.4. The van der Waals surface area contributed by atoms with Crippen LogP contribution in [0.3, 0.4) is 0 Å². The molecule has 3 atom stereocenters. The van der Waals surface area contributed by atoms with Crippen LogP contribution in [-0.4, -0.2) is 28.1 Å². The van der Waals surface area contributed by atoms with Gasteiger partial charge in [0.2, 0.25) is 0 Å². The van der Waals surface area contributed by atoms with Crippen LogP contribution in [0.1, 0.15) is 72.1 Å². The first-order valence-corrected chi connectivity index (χ1v) is 9.71. The van der Waals surface area contributed by atoms with Crippen LogP contribution in [0.15, 0.2) is 35.5 Å². The lowest BCUT2D eigenvalue weighted by Gasteiger charge is -2.12. The van der Waals surface area contributed by atoms with E-state index in [1.165, 1.54) is 11.1 Å². The predicted octanol–water partition coefficient (Wildman–Crippen LogP) is 4.84. The number of ketones is 1. The van der Waals surface area contributed by atoms with Crippen molar-refractivity contribution < 1.29 is 19.8 Å². The van der Waals surface area contributed by atoms with E-state index in [0.29, 0.717) is 31.0 Å². The molecule has 0 radical (unpaired) electrons. The van der Waals surface area contributed by atoms with Gasteiger partial charge in [-0.2, -0.15) is 0 Å². The van der Waals surface area contributed by atoms with Crippen LogP contribution in [0.4, 0.5) is 0 Å². The predicted molar refractivity (Wildman–Crippen MR) is 105 cm³/mol. The van der Waals surface area contributed by atoms with Crippen molar-refractivity contribution in [2.75, 3.05) is 0 Å². The second kappa shape index (κ2) is 11.8. The molecule has 0 spiro atoms. The molecule has 1 fully saturated rings. The molecule has 4 nitrogen and oxygen atoms in total. The van der Waals surface area contributed by atoms with Crippen molar-refractivity contribution in [3.8, 4) is 0 Å². The highest BCUT2D eigenvalue weighted by atomic mass is 16.4. The maximum Gasteiger partial charge on any atom is 0.332 e. The maximum atomic E-state index is 12.1.